The number of hydrogen-bond acceptors (Lipinski definition) is 4. The third-order valence-electron chi connectivity index (χ3n) is 5.20. The van der Waals surface area contributed by atoms with Crippen molar-refractivity contribution in [3.05, 3.63) is 94.4 Å². The number of para-hydroxylation sites is 1. The zero-order valence-corrected chi connectivity index (χ0v) is 16.2. The Morgan fingerprint density at radius 2 is 1.69 bits per heavy atom. The number of benzene rings is 3. The topological polar surface area (TPSA) is 97.3 Å². The number of aromatic hydroxyl groups is 1. The van der Waals surface area contributed by atoms with Gasteiger partial charge in [-0.25, -0.2) is 18.3 Å². The molecule has 32 heavy (non-hydrogen) atoms. The lowest BCUT2D eigenvalue weighted by Gasteiger charge is -2.15. The Hall–Kier alpha value is -4.53. The zero-order chi connectivity index (χ0) is 22.6. The van der Waals surface area contributed by atoms with Gasteiger partial charge in [0.15, 0.2) is 5.82 Å². The first-order valence-electron chi connectivity index (χ1n) is 9.39. The molecule has 0 amide bonds. The van der Waals surface area contributed by atoms with Crippen LogP contribution in [0.1, 0.15) is 10.4 Å². The molecule has 0 saturated carbocycles. The number of phenolic OH excluding ortho intramolecular Hbond substituents is 1. The SMILES string of the molecule is O=C(O)c1cn(-c2ccc(O)cc2F)c2cc(-n3ncc4ccccc43)c(F)cc2c1=O. The van der Waals surface area contributed by atoms with Gasteiger partial charge in [0, 0.05) is 23.0 Å². The van der Waals surface area contributed by atoms with E-state index in [4.69, 9.17) is 0 Å². The lowest BCUT2D eigenvalue weighted by molar-refractivity contribution is 0.0695. The smallest absolute Gasteiger partial charge is 0.341 e. The number of rotatable bonds is 3. The molecule has 158 valence electrons. The highest BCUT2D eigenvalue weighted by atomic mass is 19.1. The summed E-state index contributed by atoms with van der Waals surface area (Å²) >= 11 is 0. The van der Waals surface area contributed by atoms with Crippen molar-refractivity contribution >= 4 is 27.8 Å². The summed E-state index contributed by atoms with van der Waals surface area (Å²) in [7, 11) is 0. The standard InChI is InChI=1S/C23H13F2N3O4/c24-16-7-13(29)5-6-19(16)27-11-15(23(31)32)22(30)14-8-17(25)21(9-20(14)27)28-18-4-2-1-3-12(18)10-26-28/h1-11,29H,(H,31,32). The van der Waals surface area contributed by atoms with E-state index in [9.17, 15) is 24.2 Å². The maximum Gasteiger partial charge on any atom is 0.341 e. The average molecular weight is 433 g/mol. The van der Waals surface area contributed by atoms with Gasteiger partial charge in [-0.15, -0.1) is 0 Å². The van der Waals surface area contributed by atoms with Gasteiger partial charge < -0.3 is 14.8 Å². The molecule has 0 unspecified atom stereocenters. The number of carboxylic acid groups (broad SMARTS) is 1. The first-order chi connectivity index (χ1) is 15.3. The average Bonchev–Trinajstić information content (AvgIpc) is 3.18. The first kappa shape index (κ1) is 19.4. The fourth-order valence-corrected chi connectivity index (χ4v) is 3.70. The van der Waals surface area contributed by atoms with Crippen molar-refractivity contribution < 1.29 is 23.8 Å². The molecule has 2 N–H and O–H groups in total. The molecule has 0 saturated heterocycles. The van der Waals surface area contributed by atoms with Gasteiger partial charge in [-0.05, 0) is 30.3 Å². The van der Waals surface area contributed by atoms with Gasteiger partial charge >= 0.3 is 5.97 Å². The van der Waals surface area contributed by atoms with Crippen molar-refractivity contribution in [1.82, 2.24) is 14.3 Å². The first-order valence-corrected chi connectivity index (χ1v) is 9.39. The Morgan fingerprint density at radius 1 is 0.938 bits per heavy atom. The summed E-state index contributed by atoms with van der Waals surface area (Å²) in [6.45, 7) is 0. The summed E-state index contributed by atoms with van der Waals surface area (Å²) in [5, 5.41) is 23.7. The van der Waals surface area contributed by atoms with Gasteiger partial charge in [-0.3, -0.25) is 4.79 Å². The quantitative estimate of drug-likeness (QED) is 0.448. The second kappa shape index (κ2) is 7.02. The van der Waals surface area contributed by atoms with Crippen molar-refractivity contribution in [1.29, 1.82) is 0 Å². The van der Waals surface area contributed by atoms with E-state index in [1.807, 2.05) is 6.07 Å². The number of aromatic nitrogens is 3. The Morgan fingerprint density at radius 3 is 2.44 bits per heavy atom. The summed E-state index contributed by atoms with van der Waals surface area (Å²) in [5.41, 5.74) is -1.01. The molecule has 2 aromatic heterocycles. The van der Waals surface area contributed by atoms with Crippen molar-refractivity contribution in [2.75, 3.05) is 0 Å². The van der Waals surface area contributed by atoms with Crippen molar-refractivity contribution in [2.45, 2.75) is 0 Å². The van der Waals surface area contributed by atoms with E-state index < -0.39 is 28.6 Å². The van der Waals surface area contributed by atoms with E-state index in [1.165, 1.54) is 22.9 Å². The molecule has 0 spiro atoms. The molecule has 3 aromatic carbocycles. The molecule has 0 radical (unpaired) electrons. The normalized spacial score (nSPS) is 11.3. The van der Waals surface area contributed by atoms with Crippen LogP contribution in [0.15, 0.2) is 71.8 Å². The summed E-state index contributed by atoms with van der Waals surface area (Å²) in [4.78, 5) is 24.4. The van der Waals surface area contributed by atoms with Crippen LogP contribution in [-0.4, -0.2) is 30.5 Å². The zero-order valence-electron chi connectivity index (χ0n) is 16.2. The second-order valence-corrected chi connectivity index (χ2v) is 7.12. The summed E-state index contributed by atoms with van der Waals surface area (Å²) in [5.74, 6) is -3.53. The molecule has 0 aliphatic rings. The third-order valence-corrected chi connectivity index (χ3v) is 5.20. The molecule has 0 aliphatic heterocycles. The Labute approximate surface area is 178 Å². The number of nitrogens with zero attached hydrogens (tertiary/aromatic N) is 3. The predicted octanol–water partition coefficient (Wildman–Crippen LogP) is 4.01. The van der Waals surface area contributed by atoms with Gasteiger partial charge in [0.05, 0.1) is 22.9 Å². The molecule has 9 heteroatoms. The molecule has 0 atom stereocenters. The number of pyridine rings is 1. The minimum absolute atomic E-state index is 0.00545. The summed E-state index contributed by atoms with van der Waals surface area (Å²) < 4.78 is 32.3. The summed E-state index contributed by atoms with van der Waals surface area (Å²) in [6.07, 6.45) is 2.53. The van der Waals surface area contributed by atoms with Crippen LogP contribution in [0, 0.1) is 11.6 Å². The maximum atomic E-state index is 15.1. The van der Waals surface area contributed by atoms with Crippen molar-refractivity contribution in [2.24, 2.45) is 0 Å². The molecule has 0 bridgehead atoms. The van der Waals surface area contributed by atoms with Crippen LogP contribution in [0.2, 0.25) is 0 Å². The van der Waals surface area contributed by atoms with Crippen LogP contribution in [0.25, 0.3) is 33.2 Å². The second-order valence-electron chi connectivity index (χ2n) is 7.12. The molecular formula is C23H13F2N3O4. The predicted molar refractivity (Wildman–Crippen MR) is 113 cm³/mol. The molecule has 5 aromatic rings. The molecule has 5 rings (SSSR count). The molecule has 0 aliphatic carbocycles. The maximum absolute atomic E-state index is 15.1. The number of carboxylic acids is 1. The number of phenols is 1. The van der Waals surface area contributed by atoms with Crippen LogP contribution < -0.4 is 5.43 Å². The van der Waals surface area contributed by atoms with Gasteiger partial charge in [-0.2, -0.15) is 5.10 Å². The lowest BCUT2D eigenvalue weighted by Crippen LogP contribution is -2.19. The number of carbonyl (C=O) groups is 1. The number of fused-ring (bicyclic) bond motifs is 2. The minimum atomic E-state index is -1.53. The largest absolute Gasteiger partial charge is 0.508 e. The van der Waals surface area contributed by atoms with Gasteiger partial charge in [-0.1, -0.05) is 18.2 Å². The van der Waals surface area contributed by atoms with E-state index in [1.54, 1.807) is 24.4 Å². The fraction of sp³-hybridized carbons (Fsp3) is 0. The van der Waals surface area contributed by atoms with E-state index in [-0.39, 0.29) is 28.0 Å². The lowest BCUT2D eigenvalue weighted by atomic mass is 10.1. The molecular weight excluding hydrogens is 420 g/mol. The van der Waals surface area contributed by atoms with Crippen LogP contribution in [0.5, 0.6) is 5.75 Å². The Bertz CT molecular complexity index is 1620. The van der Waals surface area contributed by atoms with Crippen LogP contribution in [0.3, 0.4) is 0 Å². The monoisotopic (exact) mass is 433 g/mol. The Balaban J connectivity index is 1.90. The number of aromatic carboxylic acids is 1. The van der Waals surface area contributed by atoms with Gasteiger partial charge in [0.25, 0.3) is 0 Å². The van der Waals surface area contributed by atoms with Crippen molar-refractivity contribution in [3.8, 4) is 17.1 Å². The summed E-state index contributed by atoms with van der Waals surface area (Å²) in [6, 6.07) is 12.6. The van der Waals surface area contributed by atoms with Crippen LogP contribution in [-0.2, 0) is 0 Å². The fourth-order valence-electron chi connectivity index (χ4n) is 3.70. The van der Waals surface area contributed by atoms with Crippen molar-refractivity contribution in [3.63, 3.8) is 0 Å². The van der Waals surface area contributed by atoms with Gasteiger partial charge in [0.2, 0.25) is 5.43 Å². The minimum Gasteiger partial charge on any atom is -0.508 e. The number of hydrogen-bond donors (Lipinski definition) is 2. The highest BCUT2D eigenvalue weighted by Crippen LogP contribution is 2.28. The van der Waals surface area contributed by atoms with E-state index in [2.05, 4.69) is 5.10 Å². The van der Waals surface area contributed by atoms with Crippen LogP contribution >= 0.6 is 0 Å². The molecule has 7 nitrogen and oxygen atoms in total. The molecule has 0 fully saturated rings. The Kier molecular flexibility index (Phi) is 4.26. The highest BCUT2D eigenvalue weighted by molar-refractivity contribution is 5.94. The highest BCUT2D eigenvalue weighted by Gasteiger charge is 2.20. The molecule has 2 heterocycles. The van der Waals surface area contributed by atoms with E-state index in [0.29, 0.717) is 5.52 Å². The number of halogens is 2. The van der Waals surface area contributed by atoms with E-state index >= 15 is 4.39 Å². The van der Waals surface area contributed by atoms with Gasteiger partial charge in [0.1, 0.15) is 22.8 Å². The third kappa shape index (κ3) is 2.90. The van der Waals surface area contributed by atoms with Crippen LogP contribution in [0.4, 0.5) is 8.78 Å². The van der Waals surface area contributed by atoms with E-state index in [0.717, 1.165) is 28.3 Å².